The first-order valence-corrected chi connectivity index (χ1v) is 6.74. The van der Waals surface area contributed by atoms with Crippen molar-refractivity contribution in [2.45, 2.75) is 13.3 Å². The minimum Gasteiger partial charge on any atom is -0.465 e. The summed E-state index contributed by atoms with van der Waals surface area (Å²) in [4.78, 5) is 34.5. The second-order valence-corrected chi connectivity index (χ2v) is 4.81. The van der Waals surface area contributed by atoms with Crippen LogP contribution in [0.5, 0.6) is 0 Å². The fraction of sp³-hybridized carbons (Fsp3) is 0.364. The second kappa shape index (κ2) is 7.10. The number of thiophene rings is 1. The quantitative estimate of drug-likeness (QED) is 0.659. The molecule has 0 unspecified atom stereocenters. The Balaban J connectivity index is 2.76. The zero-order valence-electron chi connectivity index (χ0n) is 10.4. The number of hydrogen-bond donors (Lipinski definition) is 2. The molecule has 3 amide bonds. The molecule has 1 aromatic heterocycles. The van der Waals surface area contributed by atoms with Gasteiger partial charge in [-0.25, -0.2) is 9.59 Å². The molecule has 19 heavy (non-hydrogen) atoms. The van der Waals surface area contributed by atoms with Crippen molar-refractivity contribution in [2.75, 3.05) is 18.3 Å². The fourth-order valence-corrected chi connectivity index (χ4v) is 2.36. The number of ether oxygens (including phenoxy) is 1. The van der Waals surface area contributed by atoms with E-state index in [0.29, 0.717) is 11.3 Å². The first-order valence-electron chi connectivity index (χ1n) is 5.32. The molecule has 0 radical (unpaired) electrons. The monoisotopic (exact) mass is 304 g/mol. The number of esters is 1. The summed E-state index contributed by atoms with van der Waals surface area (Å²) in [7, 11) is 1.26. The topological polar surface area (TPSA) is 84.5 Å². The van der Waals surface area contributed by atoms with Gasteiger partial charge in [0.25, 0.3) is 0 Å². The highest BCUT2D eigenvalue weighted by Crippen LogP contribution is 2.28. The van der Waals surface area contributed by atoms with Crippen LogP contribution in [0.3, 0.4) is 0 Å². The summed E-state index contributed by atoms with van der Waals surface area (Å²) in [5.41, 5.74) is 1.05. The number of methoxy groups -OCH3 is 1. The van der Waals surface area contributed by atoms with Crippen LogP contribution in [0.4, 0.5) is 10.5 Å². The SMILES string of the molecule is COC(=O)c1scc(C)c1NC(=O)NC(=O)CCCl. The van der Waals surface area contributed by atoms with E-state index in [1.165, 1.54) is 7.11 Å². The van der Waals surface area contributed by atoms with Crippen molar-refractivity contribution >= 4 is 46.5 Å². The molecule has 0 aliphatic carbocycles. The van der Waals surface area contributed by atoms with Crippen LogP contribution in [-0.2, 0) is 9.53 Å². The number of urea groups is 1. The summed E-state index contributed by atoms with van der Waals surface area (Å²) in [6, 6.07) is -0.707. The fourth-order valence-electron chi connectivity index (χ4n) is 1.26. The Morgan fingerprint density at radius 2 is 2.11 bits per heavy atom. The summed E-state index contributed by atoms with van der Waals surface area (Å²) >= 11 is 6.54. The normalized spacial score (nSPS) is 9.84. The lowest BCUT2D eigenvalue weighted by molar-refractivity contribution is -0.119. The van der Waals surface area contributed by atoms with Crippen molar-refractivity contribution in [1.29, 1.82) is 0 Å². The maximum absolute atomic E-state index is 11.6. The van der Waals surface area contributed by atoms with Crippen LogP contribution in [-0.4, -0.2) is 30.9 Å². The molecule has 0 spiro atoms. The Kier molecular flexibility index (Phi) is 5.78. The number of rotatable bonds is 4. The Morgan fingerprint density at radius 1 is 1.42 bits per heavy atom. The number of anilines is 1. The lowest BCUT2D eigenvalue weighted by atomic mass is 10.2. The average molecular weight is 305 g/mol. The van der Waals surface area contributed by atoms with Crippen LogP contribution < -0.4 is 10.6 Å². The molecule has 0 aliphatic rings. The van der Waals surface area contributed by atoms with E-state index in [1.807, 2.05) is 0 Å². The Labute approximate surface area is 119 Å². The van der Waals surface area contributed by atoms with Crippen molar-refractivity contribution in [2.24, 2.45) is 0 Å². The molecule has 0 saturated heterocycles. The van der Waals surface area contributed by atoms with Gasteiger partial charge in [-0.3, -0.25) is 10.1 Å². The summed E-state index contributed by atoms with van der Waals surface area (Å²) in [6.07, 6.45) is 0.0431. The molecule has 0 bridgehead atoms. The largest absolute Gasteiger partial charge is 0.465 e. The predicted octanol–water partition coefficient (Wildman–Crippen LogP) is 2.12. The van der Waals surface area contributed by atoms with Gasteiger partial charge in [0.1, 0.15) is 4.88 Å². The molecule has 0 fully saturated rings. The molecule has 0 atom stereocenters. The number of imide groups is 1. The number of nitrogens with one attached hydrogen (secondary N) is 2. The van der Waals surface area contributed by atoms with Gasteiger partial charge in [-0.2, -0.15) is 0 Å². The summed E-state index contributed by atoms with van der Waals surface area (Å²) in [6.45, 7) is 1.74. The van der Waals surface area contributed by atoms with Gasteiger partial charge in [0, 0.05) is 12.3 Å². The van der Waals surface area contributed by atoms with Gasteiger partial charge in [0.15, 0.2) is 0 Å². The molecule has 8 heteroatoms. The van der Waals surface area contributed by atoms with Gasteiger partial charge < -0.3 is 10.1 Å². The molecule has 1 heterocycles. The first-order chi connectivity index (χ1) is 8.99. The minimum atomic E-state index is -0.707. The third-order valence-electron chi connectivity index (χ3n) is 2.16. The van der Waals surface area contributed by atoms with Crippen LogP contribution in [0, 0.1) is 6.92 Å². The van der Waals surface area contributed by atoms with E-state index in [2.05, 4.69) is 15.4 Å². The van der Waals surface area contributed by atoms with Gasteiger partial charge >= 0.3 is 12.0 Å². The number of carbonyl (C=O) groups is 3. The molecular formula is C11H13ClN2O4S. The van der Waals surface area contributed by atoms with E-state index >= 15 is 0 Å². The highest BCUT2D eigenvalue weighted by atomic mass is 35.5. The van der Waals surface area contributed by atoms with E-state index < -0.39 is 17.9 Å². The third kappa shape index (κ3) is 4.22. The van der Waals surface area contributed by atoms with Crippen molar-refractivity contribution < 1.29 is 19.1 Å². The third-order valence-corrected chi connectivity index (χ3v) is 3.43. The minimum absolute atomic E-state index is 0.0431. The Morgan fingerprint density at radius 3 is 2.68 bits per heavy atom. The van der Waals surface area contributed by atoms with Crippen LogP contribution in [0.15, 0.2) is 5.38 Å². The van der Waals surface area contributed by atoms with E-state index in [4.69, 9.17) is 11.6 Å². The van der Waals surface area contributed by atoms with Crippen molar-refractivity contribution in [3.8, 4) is 0 Å². The number of halogens is 1. The summed E-state index contributed by atoms with van der Waals surface area (Å²) in [5.74, 6) is -0.898. The predicted molar refractivity (Wildman–Crippen MR) is 72.9 cm³/mol. The summed E-state index contributed by atoms with van der Waals surface area (Å²) < 4.78 is 4.61. The van der Waals surface area contributed by atoms with Gasteiger partial charge in [-0.05, 0) is 17.9 Å². The second-order valence-electron chi connectivity index (χ2n) is 3.56. The molecule has 6 nitrogen and oxygen atoms in total. The lowest BCUT2D eigenvalue weighted by Crippen LogP contribution is -2.34. The highest BCUT2D eigenvalue weighted by Gasteiger charge is 2.19. The Hall–Kier alpha value is -1.60. The molecule has 0 aliphatic heterocycles. The van der Waals surface area contributed by atoms with E-state index in [1.54, 1.807) is 12.3 Å². The van der Waals surface area contributed by atoms with E-state index in [9.17, 15) is 14.4 Å². The van der Waals surface area contributed by atoms with E-state index in [0.717, 1.165) is 11.3 Å². The van der Waals surface area contributed by atoms with Gasteiger partial charge in [-0.15, -0.1) is 22.9 Å². The summed E-state index contributed by atoms with van der Waals surface area (Å²) in [5, 5.41) is 6.28. The van der Waals surface area contributed by atoms with Gasteiger partial charge in [-0.1, -0.05) is 0 Å². The number of aryl methyl sites for hydroxylation is 1. The molecule has 0 aromatic carbocycles. The average Bonchev–Trinajstić information content (AvgIpc) is 2.70. The zero-order valence-corrected chi connectivity index (χ0v) is 12.0. The van der Waals surface area contributed by atoms with Crippen LogP contribution in [0.25, 0.3) is 0 Å². The lowest BCUT2D eigenvalue weighted by Gasteiger charge is -2.07. The molecule has 1 rings (SSSR count). The van der Waals surface area contributed by atoms with Crippen molar-refractivity contribution in [3.05, 3.63) is 15.8 Å². The molecule has 1 aromatic rings. The van der Waals surface area contributed by atoms with Crippen LogP contribution >= 0.6 is 22.9 Å². The molecular weight excluding hydrogens is 292 g/mol. The van der Waals surface area contributed by atoms with Crippen LogP contribution in [0.1, 0.15) is 21.7 Å². The number of amides is 3. The molecule has 104 valence electrons. The zero-order chi connectivity index (χ0) is 14.4. The number of alkyl halides is 1. The van der Waals surface area contributed by atoms with E-state index in [-0.39, 0.29) is 17.2 Å². The van der Waals surface area contributed by atoms with Gasteiger partial charge in [0.05, 0.1) is 12.8 Å². The maximum Gasteiger partial charge on any atom is 0.350 e. The van der Waals surface area contributed by atoms with Crippen molar-refractivity contribution in [1.82, 2.24) is 5.32 Å². The van der Waals surface area contributed by atoms with Crippen molar-refractivity contribution in [3.63, 3.8) is 0 Å². The van der Waals surface area contributed by atoms with Gasteiger partial charge in [0.2, 0.25) is 5.91 Å². The number of carbonyl (C=O) groups excluding carboxylic acids is 3. The molecule has 2 N–H and O–H groups in total. The maximum atomic E-state index is 11.6. The smallest absolute Gasteiger partial charge is 0.350 e. The standard InChI is InChI=1S/C11H13ClN2O4S/c1-6-5-19-9(10(16)18-2)8(6)14-11(17)13-7(15)3-4-12/h5H,3-4H2,1-2H3,(H2,13,14,15,17). The number of hydrogen-bond acceptors (Lipinski definition) is 5. The first kappa shape index (κ1) is 15.5. The molecule has 0 saturated carbocycles. The Bertz CT molecular complexity index is 501. The van der Waals surface area contributed by atoms with Crippen LogP contribution in [0.2, 0.25) is 0 Å². The highest BCUT2D eigenvalue weighted by molar-refractivity contribution is 7.12.